The van der Waals surface area contributed by atoms with E-state index in [4.69, 9.17) is 0 Å². The summed E-state index contributed by atoms with van der Waals surface area (Å²) in [7, 11) is 0. The van der Waals surface area contributed by atoms with Crippen LogP contribution in [0.1, 0.15) is 23.1 Å². The van der Waals surface area contributed by atoms with Crippen LogP contribution in [0.3, 0.4) is 0 Å². The Balaban J connectivity index is 1.74. The van der Waals surface area contributed by atoms with Gasteiger partial charge in [-0.25, -0.2) is 0 Å². The van der Waals surface area contributed by atoms with E-state index in [1.54, 1.807) is 4.90 Å². The topological polar surface area (TPSA) is 49.4 Å². The average molecular weight is 322 g/mol. The fraction of sp³-hybridized carbons (Fsp3) is 0.300. The number of amides is 2. The Bertz CT molecular complexity index is 778. The van der Waals surface area contributed by atoms with Crippen LogP contribution in [0.25, 0.3) is 0 Å². The predicted molar refractivity (Wildman–Crippen MR) is 96.2 cm³/mol. The smallest absolute Gasteiger partial charge is 0.229 e. The van der Waals surface area contributed by atoms with Crippen molar-refractivity contribution in [2.24, 2.45) is 5.92 Å². The lowest BCUT2D eigenvalue weighted by Gasteiger charge is -2.18. The molecular weight excluding hydrogens is 300 g/mol. The third-order valence-electron chi connectivity index (χ3n) is 4.42. The lowest BCUT2D eigenvalue weighted by Crippen LogP contribution is -2.28. The Kier molecular flexibility index (Phi) is 4.38. The van der Waals surface area contributed by atoms with Gasteiger partial charge in [-0.3, -0.25) is 9.59 Å². The van der Waals surface area contributed by atoms with Gasteiger partial charge < -0.3 is 10.2 Å². The summed E-state index contributed by atoms with van der Waals surface area (Å²) in [4.78, 5) is 26.6. The summed E-state index contributed by atoms with van der Waals surface area (Å²) in [6.45, 7) is 6.41. The SMILES string of the molecule is Cc1cc(C)cc(N2C[C@@H](C(=O)Nc3ccccc3C)CC2=O)c1. The molecule has 3 rings (SSSR count). The quantitative estimate of drug-likeness (QED) is 0.938. The summed E-state index contributed by atoms with van der Waals surface area (Å²) in [6, 6.07) is 13.7. The highest BCUT2D eigenvalue weighted by atomic mass is 16.2. The van der Waals surface area contributed by atoms with Gasteiger partial charge in [0, 0.05) is 24.3 Å². The van der Waals surface area contributed by atoms with Crippen molar-refractivity contribution in [2.45, 2.75) is 27.2 Å². The van der Waals surface area contributed by atoms with Crippen LogP contribution in [0.5, 0.6) is 0 Å². The molecule has 0 bridgehead atoms. The molecule has 2 amide bonds. The highest BCUT2D eigenvalue weighted by molar-refractivity contribution is 6.03. The van der Waals surface area contributed by atoms with Crippen molar-refractivity contribution < 1.29 is 9.59 Å². The van der Waals surface area contributed by atoms with Gasteiger partial charge >= 0.3 is 0 Å². The highest BCUT2D eigenvalue weighted by Gasteiger charge is 2.35. The van der Waals surface area contributed by atoms with Gasteiger partial charge in [-0.05, 0) is 55.7 Å². The van der Waals surface area contributed by atoms with Gasteiger partial charge in [0.1, 0.15) is 0 Å². The van der Waals surface area contributed by atoms with Gasteiger partial charge in [0.15, 0.2) is 0 Å². The zero-order valence-electron chi connectivity index (χ0n) is 14.3. The van der Waals surface area contributed by atoms with E-state index < -0.39 is 0 Å². The number of aryl methyl sites for hydroxylation is 3. The van der Waals surface area contributed by atoms with Crippen LogP contribution in [0.15, 0.2) is 42.5 Å². The number of hydrogen-bond donors (Lipinski definition) is 1. The molecule has 1 atom stereocenters. The maximum atomic E-state index is 12.5. The van der Waals surface area contributed by atoms with E-state index in [0.717, 1.165) is 28.1 Å². The van der Waals surface area contributed by atoms with E-state index >= 15 is 0 Å². The van der Waals surface area contributed by atoms with E-state index in [2.05, 4.69) is 11.4 Å². The molecule has 0 aliphatic carbocycles. The first-order valence-electron chi connectivity index (χ1n) is 8.19. The first-order valence-corrected chi connectivity index (χ1v) is 8.19. The van der Waals surface area contributed by atoms with Gasteiger partial charge in [0.2, 0.25) is 11.8 Å². The zero-order valence-corrected chi connectivity index (χ0v) is 14.3. The molecule has 0 unspecified atom stereocenters. The standard InChI is InChI=1S/C20H22N2O2/c1-13-8-14(2)10-17(9-13)22-12-16(11-19(22)23)20(24)21-18-7-5-4-6-15(18)3/h4-10,16H,11-12H2,1-3H3,(H,21,24)/t16-/m0/s1. The van der Waals surface area contributed by atoms with Gasteiger partial charge in [-0.1, -0.05) is 24.3 Å². The molecule has 4 heteroatoms. The largest absolute Gasteiger partial charge is 0.326 e. The molecule has 0 spiro atoms. The molecule has 0 radical (unpaired) electrons. The normalized spacial score (nSPS) is 17.2. The second kappa shape index (κ2) is 6.48. The Hall–Kier alpha value is -2.62. The number of carbonyl (C=O) groups is 2. The maximum absolute atomic E-state index is 12.5. The van der Waals surface area contributed by atoms with Crippen LogP contribution in [-0.2, 0) is 9.59 Å². The molecule has 2 aromatic rings. The van der Waals surface area contributed by atoms with Crippen LogP contribution >= 0.6 is 0 Å². The van der Waals surface area contributed by atoms with Crippen molar-refractivity contribution in [3.05, 3.63) is 59.2 Å². The number of nitrogens with zero attached hydrogens (tertiary/aromatic N) is 1. The minimum absolute atomic E-state index is 0.00457. The number of carbonyl (C=O) groups excluding carboxylic acids is 2. The van der Waals surface area contributed by atoms with E-state index in [0.29, 0.717) is 6.54 Å². The summed E-state index contributed by atoms with van der Waals surface area (Å²) >= 11 is 0. The molecule has 124 valence electrons. The Morgan fingerprint density at radius 2 is 1.75 bits per heavy atom. The number of nitrogens with one attached hydrogen (secondary N) is 1. The number of para-hydroxylation sites is 1. The van der Waals surface area contributed by atoms with Crippen molar-refractivity contribution in [2.75, 3.05) is 16.8 Å². The number of benzene rings is 2. The highest BCUT2D eigenvalue weighted by Crippen LogP contribution is 2.28. The van der Waals surface area contributed by atoms with E-state index in [9.17, 15) is 9.59 Å². The zero-order chi connectivity index (χ0) is 17.3. The fourth-order valence-corrected chi connectivity index (χ4v) is 3.19. The van der Waals surface area contributed by atoms with Crippen LogP contribution in [-0.4, -0.2) is 18.4 Å². The van der Waals surface area contributed by atoms with Crippen LogP contribution in [0, 0.1) is 26.7 Å². The Labute approximate surface area is 142 Å². The van der Waals surface area contributed by atoms with Gasteiger partial charge in [-0.15, -0.1) is 0 Å². The first-order chi connectivity index (χ1) is 11.4. The van der Waals surface area contributed by atoms with Crippen LogP contribution in [0.2, 0.25) is 0 Å². The summed E-state index contributed by atoms with van der Waals surface area (Å²) in [5, 5.41) is 2.95. The fourth-order valence-electron chi connectivity index (χ4n) is 3.19. The third kappa shape index (κ3) is 3.32. The molecule has 4 nitrogen and oxygen atoms in total. The van der Waals surface area contributed by atoms with Crippen molar-refractivity contribution in [3.63, 3.8) is 0 Å². The lowest BCUT2D eigenvalue weighted by atomic mass is 10.1. The van der Waals surface area contributed by atoms with Crippen molar-refractivity contribution >= 4 is 23.2 Å². The monoisotopic (exact) mass is 322 g/mol. The Morgan fingerprint density at radius 1 is 1.08 bits per heavy atom. The van der Waals surface area contributed by atoms with Crippen molar-refractivity contribution in [1.29, 1.82) is 0 Å². The molecule has 0 aromatic heterocycles. The van der Waals surface area contributed by atoms with E-state index in [1.165, 1.54) is 0 Å². The molecule has 1 saturated heterocycles. The van der Waals surface area contributed by atoms with Crippen molar-refractivity contribution in [3.8, 4) is 0 Å². The molecule has 1 aliphatic heterocycles. The van der Waals surface area contributed by atoms with Gasteiger partial charge in [-0.2, -0.15) is 0 Å². The summed E-state index contributed by atoms with van der Waals surface area (Å²) in [6.07, 6.45) is 0.255. The minimum Gasteiger partial charge on any atom is -0.326 e. The Morgan fingerprint density at radius 3 is 2.42 bits per heavy atom. The molecule has 1 heterocycles. The molecule has 2 aromatic carbocycles. The molecule has 0 saturated carbocycles. The molecule has 1 fully saturated rings. The van der Waals surface area contributed by atoms with E-state index in [1.807, 2.05) is 57.2 Å². The second-order valence-electron chi connectivity index (χ2n) is 6.56. The summed E-state index contributed by atoms with van der Waals surface area (Å²) in [5.41, 5.74) is 4.93. The van der Waals surface area contributed by atoms with Crippen LogP contribution in [0.4, 0.5) is 11.4 Å². The third-order valence-corrected chi connectivity index (χ3v) is 4.42. The summed E-state index contributed by atoms with van der Waals surface area (Å²) < 4.78 is 0. The predicted octanol–water partition coefficient (Wildman–Crippen LogP) is 3.60. The van der Waals surface area contributed by atoms with Crippen molar-refractivity contribution in [1.82, 2.24) is 0 Å². The number of rotatable bonds is 3. The molecule has 1 N–H and O–H groups in total. The summed E-state index contributed by atoms with van der Waals surface area (Å²) in [5.74, 6) is -0.410. The molecule has 24 heavy (non-hydrogen) atoms. The minimum atomic E-state index is -0.321. The molecular formula is C20H22N2O2. The second-order valence-corrected chi connectivity index (χ2v) is 6.56. The van der Waals surface area contributed by atoms with E-state index in [-0.39, 0.29) is 24.2 Å². The van der Waals surface area contributed by atoms with Crippen LogP contribution < -0.4 is 10.2 Å². The number of hydrogen-bond acceptors (Lipinski definition) is 2. The average Bonchev–Trinajstić information content (AvgIpc) is 2.91. The lowest BCUT2D eigenvalue weighted by molar-refractivity contribution is -0.122. The molecule has 1 aliphatic rings. The first kappa shape index (κ1) is 16.2. The number of anilines is 2. The van der Waals surface area contributed by atoms with Gasteiger partial charge in [0.05, 0.1) is 5.92 Å². The van der Waals surface area contributed by atoms with Gasteiger partial charge in [0.25, 0.3) is 0 Å². The maximum Gasteiger partial charge on any atom is 0.229 e.